The van der Waals surface area contributed by atoms with Crippen molar-refractivity contribution in [2.45, 2.75) is 27.7 Å². The minimum Gasteiger partial charge on any atom is -0.494 e. The number of nitrogens with one attached hydrogen (secondary N) is 1. The average Bonchev–Trinajstić information content (AvgIpc) is 2.36. The number of hydrogen-bond acceptors (Lipinski definition) is 3. The minimum atomic E-state index is -0.422. The Morgan fingerprint density at radius 1 is 1.10 bits per heavy atom. The van der Waals surface area contributed by atoms with Gasteiger partial charge in [0.15, 0.2) is 0 Å². The lowest BCUT2D eigenvalue weighted by Crippen LogP contribution is -2.07. The van der Waals surface area contributed by atoms with E-state index in [0.717, 1.165) is 27.8 Å². The van der Waals surface area contributed by atoms with E-state index in [0.29, 0.717) is 5.56 Å². The minimum absolute atomic E-state index is 0.0980. The van der Waals surface area contributed by atoms with E-state index in [9.17, 15) is 15.2 Å². The van der Waals surface area contributed by atoms with Gasteiger partial charge in [-0.15, -0.1) is 0 Å². The zero-order valence-corrected chi connectivity index (χ0v) is 12.0. The third-order valence-corrected chi connectivity index (χ3v) is 3.77. The highest BCUT2D eigenvalue weighted by Crippen LogP contribution is 2.34. The molecule has 4 nitrogen and oxygen atoms in total. The molecular weight excluding hydrogens is 252 g/mol. The number of pyridine rings is 1. The Morgan fingerprint density at radius 2 is 1.65 bits per heavy atom. The lowest BCUT2D eigenvalue weighted by Gasteiger charge is -2.16. The Bertz CT molecular complexity index is 769. The number of nitrogens with zero attached hydrogens (tertiary/aromatic N) is 1. The first-order valence-corrected chi connectivity index (χ1v) is 6.31. The smallest absolute Gasteiger partial charge is 0.251 e. The summed E-state index contributed by atoms with van der Waals surface area (Å²) in [6.45, 7) is 7.89. The molecule has 0 aliphatic carbocycles. The van der Waals surface area contributed by atoms with Crippen molar-refractivity contribution >= 4 is 0 Å². The number of benzene rings is 1. The van der Waals surface area contributed by atoms with Crippen molar-refractivity contribution in [3.8, 4) is 23.1 Å². The maximum Gasteiger partial charge on any atom is 0.251 e. The summed E-state index contributed by atoms with van der Waals surface area (Å²) >= 11 is 0. The van der Waals surface area contributed by atoms with E-state index < -0.39 is 5.56 Å². The summed E-state index contributed by atoms with van der Waals surface area (Å²) in [6.07, 6.45) is 0. The Kier molecular flexibility index (Phi) is 3.37. The molecule has 0 aliphatic heterocycles. The fraction of sp³-hybridized carbons (Fsp3) is 0.250. The van der Waals surface area contributed by atoms with Crippen molar-refractivity contribution < 1.29 is 5.11 Å². The van der Waals surface area contributed by atoms with Crippen LogP contribution >= 0.6 is 0 Å². The summed E-state index contributed by atoms with van der Waals surface area (Å²) in [6, 6.07) is 5.41. The lowest BCUT2D eigenvalue weighted by atomic mass is 9.88. The van der Waals surface area contributed by atoms with Crippen molar-refractivity contribution in [2.75, 3.05) is 0 Å². The van der Waals surface area contributed by atoms with Crippen LogP contribution < -0.4 is 5.56 Å². The van der Waals surface area contributed by atoms with Gasteiger partial charge in [-0.1, -0.05) is 6.07 Å². The van der Waals surface area contributed by atoms with Gasteiger partial charge in [0.1, 0.15) is 11.6 Å². The molecule has 102 valence electrons. The van der Waals surface area contributed by atoms with Gasteiger partial charge in [0, 0.05) is 11.6 Å². The van der Waals surface area contributed by atoms with Crippen LogP contribution in [0, 0.1) is 39.0 Å². The molecule has 0 radical (unpaired) electrons. The van der Waals surface area contributed by atoms with Gasteiger partial charge in [0.05, 0.1) is 0 Å². The van der Waals surface area contributed by atoms with Crippen molar-refractivity contribution in [1.82, 2.24) is 4.98 Å². The number of aromatic nitrogens is 1. The van der Waals surface area contributed by atoms with Crippen LogP contribution in [0.4, 0.5) is 0 Å². The highest BCUT2D eigenvalue weighted by atomic mass is 16.3. The zero-order valence-electron chi connectivity index (χ0n) is 12.0. The van der Waals surface area contributed by atoms with Crippen molar-refractivity contribution in [3.63, 3.8) is 0 Å². The molecular formula is C16H16N2O2. The Hall–Kier alpha value is -2.54. The summed E-state index contributed by atoms with van der Waals surface area (Å²) in [4.78, 5) is 13.9. The number of aromatic amines is 1. The van der Waals surface area contributed by atoms with E-state index >= 15 is 0 Å². The summed E-state index contributed by atoms with van der Waals surface area (Å²) in [5.74, 6) is -0.382. The molecule has 0 saturated heterocycles. The normalized spacial score (nSPS) is 10.3. The summed E-state index contributed by atoms with van der Waals surface area (Å²) in [5, 5.41) is 19.0. The molecule has 0 spiro atoms. The van der Waals surface area contributed by atoms with E-state index in [1.165, 1.54) is 6.07 Å². The van der Waals surface area contributed by atoms with Gasteiger partial charge < -0.3 is 5.11 Å². The molecule has 1 aromatic carbocycles. The predicted octanol–water partition coefficient (Wildman–Crippen LogP) is 2.85. The number of nitriles is 1. The standard InChI is InChI=1S/C16H16N2O2/c1-8-5-9(2)11(4)15(10(8)3)12-6-14(19)18-16(20)13(12)7-17/h5-6H,1-4H3,(H2,18,19,20). The van der Waals surface area contributed by atoms with Gasteiger partial charge in [0.2, 0.25) is 5.88 Å². The van der Waals surface area contributed by atoms with Crippen LogP contribution in [0.5, 0.6) is 5.88 Å². The van der Waals surface area contributed by atoms with Crippen LogP contribution in [0.3, 0.4) is 0 Å². The van der Waals surface area contributed by atoms with E-state index in [1.54, 1.807) is 0 Å². The number of hydrogen-bond donors (Lipinski definition) is 2. The highest BCUT2D eigenvalue weighted by Gasteiger charge is 2.17. The first-order valence-electron chi connectivity index (χ1n) is 6.31. The van der Waals surface area contributed by atoms with Crippen LogP contribution in [-0.4, -0.2) is 10.1 Å². The number of rotatable bonds is 1. The molecule has 1 heterocycles. The van der Waals surface area contributed by atoms with E-state index in [1.807, 2.05) is 33.8 Å². The lowest BCUT2D eigenvalue weighted by molar-refractivity contribution is 0.450. The molecule has 0 bridgehead atoms. The molecule has 0 saturated carbocycles. The third kappa shape index (κ3) is 2.08. The fourth-order valence-electron chi connectivity index (χ4n) is 2.48. The fourth-order valence-corrected chi connectivity index (χ4v) is 2.48. The molecule has 0 amide bonds. The molecule has 2 N–H and O–H groups in total. The second-order valence-electron chi connectivity index (χ2n) is 5.02. The molecule has 1 aromatic heterocycles. The molecule has 0 atom stereocenters. The summed E-state index contributed by atoms with van der Waals surface area (Å²) in [5.41, 5.74) is 5.20. The largest absolute Gasteiger partial charge is 0.494 e. The van der Waals surface area contributed by atoms with Gasteiger partial charge in [-0.3, -0.25) is 9.78 Å². The summed E-state index contributed by atoms with van der Waals surface area (Å²) in [7, 11) is 0. The summed E-state index contributed by atoms with van der Waals surface area (Å²) < 4.78 is 0. The molecule has 2 aromatic rings. The quantitative estimate of drug-likeness (QED) is 0.834. The van der Waals surface area contributed by atoms with E-state index in [2.05, 4.69) is 11.1 Å². The molecule has 20 heavy (non-hydrogen) atoms. The van der Waals surface area contributed by atoms with Gasteiger partial charge in [-0.05, 0) is 55.5 Å². The maximum absolute atomic E-state index is 11.6. The van der Waals surface area contributed by atoms with Crippen molar-refractivity contribution in [2.24, 2.45) is 0 Å². The van der Waals surface area contributed by atoms with Gasteiger partial charge in [0.25, 0.3) is 5.56 Å². The zero-order chi connectivity index (χ0) is 15.0. The van der Waals surface area contributed by atoms with Crippen LogP contribution in [-0.2, 0) is 0 Å². The maximum atomic E-state index is 11.6. The Morgan fingerprint density at radius 3 is 2.15 bits per heavy atom. The first kappa shape index (κ1) is 13.9. The predicted molar refractivity (Wildman–Crippen MR) is 77.8 cm³/mol. The first-order chi connectivity index (χ1) is 9.36. The Balaban J connectivity index is 2.96. The van der Waals surface area contributed by atoms with Crippen LogP contribution in [0.15, 0.2) is 16.9 Å². The van der Waals surface area contributed by atoms with E-state index in [4.69, 9.17) is 0 Å². The van der Waals surface area contributed by atoms with Crippen molar-refractivity contribution in [3.05, 3.63) is 50.3 Å². The molecule has 0 aliphatic rings. The van der Waals surface area contributed by atoms with Gasteiger partial charge in [-0.25, -0.2) is 0 Å². The second kappa shape index (κ2) is 4.86. The van der Waals surface area contributed by atoms with Crippen LogP contribution in [0.25, 0.3) is 11.1 Å². The SMILES string of the molecule is Cc1cc(C)c(C)c(-c2cc(=O)[nH]c(O)c2C#N)c1C. The average molecular weight is 268 g/mol. The van der Waals surface area contributed by atoms with Gasteiger partial charge in [-0.2, -0.15) is 5.26 Å². The van der Waals surface area contributed by atoms with E-state index in [-0.39, 0.29) is 11.4 Å². The van der Waals surface area contributed by atoms with Crippen LogP contribution in [0.1, 0.15) is 27.8 Å². The van der Waals surface area contributed by atoms with Gasteiger partial charge >= 0.3 is 0 Å². The monoisotopic (exact) mass is 268 g/mol. The molecule has 2 rings (SSSR count). The highest BCUT2D eigenvalue weighted by molar-refractivity contribution is 5.79. The topological polar surface area (TPSA) is 76.9 Å². The number of aromatic hydroxyl groups is 1. The molecule has 0 fully saturated rings. The number of aryl methyl sites for hydroxylation is 2. The van der Waals surface area contributed by atoms with Crippen molar-refractivity contribution in [1.29, 1.82) is 5.26 Å². The Labute approximate surface area is 117 Å². The second-order valence-corrected chi connectivity index (χ2v) is 5.02. The molecule has 0 unspecified atom stereocenters. The number of H-pyrrole nitrogens is 1. The van der Waals surface area contributed by atoms with Crippen LogP contribution in [0.2, 0.25) is 0 Å². The third-order valence-electron chi connectivity index (χ3n) is 3.77. The molecule has 4 heteroatoms.